The van der Waals surface area contributed by atoms with E-state index < -0.39 is 11.9 Å². The molecule has 0 amide bonds. The Kier molecular flexibility index (Phi) is 6.89. The molecule has 0 bridgehead atoms. The largest absolute Gasteiger partial charge is 0.465 e. The van der Waals surface area contributed by atoms with Crippen molar-refractivity contribution in [1.29, 1.82) is 0 Å². The number of esters is 2. The summed E-state index contributed by atoms with van der Waals surface area (Å²) in [5, 5.41) is 0. The van der Waals surface area contributed by atoms with Gasteiger partial charge < -0.3 is 14.4 Å². The van der Waals surface area contributed by atoms with Crippen molar-refractivity contribution in [2.24, 2.45) is 0 Å². The zero-order chi connectivity index (χ0) is 18.2. The van der Waals surface area contributed by atoms with E-state index >= 15 is 0 Å². The van der Waals surface area contributed by atoms with Crippen LogP contribution in [0.25, 0.3) is 0 Å². The minimum absolute atomic E-state index is 0.119. The number of carbonyl (C=O) groups is 2. The molecule has 132 valence electrons. The van der Waals surface area contributed by atoms with Crippen LogP contribution in [0.3, 0.4) is 0 Å². The number of anilines is 1. The number of carbonyl (C=O) groups excluding carboxylic acids is 2. The lowest BCUT2D eigenvalue weighted by Crippen LogP contribution is -2.26. The third-order valence-corrected chi connectivity index (χ3v) is 4.69. The van der Waals surface area contributed by atoms with Gasteiger partial charge in [0.25, 0.3) is 0 Å². The summed E-state index contributed by atoms with van der Waals surface area (Å²) in [6, 6.07) is 7.81. The summed E-state index contributed by atoms with van der Waals surface area (Å²) in [5.74, 6) is -0.159. The molecule has 5 nitrogen and oxygen atoms in total. The van der Waals surface area contributed by atoms with Gasteiger partial charge in [0.2, 0.25) is 0 Å². The van der Waals surface area contributed by atoms with Crippen molar-refractivity contribution < 1.29 is 19.1 Å². The molecule has 1 heterocycles. The standard InChI is InChI=1S/C19H21NO4S/c1-4-13-25-15-10-8-14(9-11-15)20-12-6-5-7-16(18(21)23-2)17(20)19(22)24-3/h5-12H,4,13H2,1-3H3. The molecular weight excluding hydrogens is 338 g/mol. The molecule has 0 saturated carbocycles. The Balaban J connectivity index is 2.45. The lowest BCUT2D eigenvalue weighted by atomic mass is 10.1. The van der Waals surface area contributed by atoms with Crippen LogP contribution >= 0.6 is 11.8 Å². The maximum atomic E-state index is 12.3. The van der Waals surface area contributed by atoms with Crippen LogP contribution in [0.2, 0.25) is 0 Å². The number of thioether (sulfide) groups is 1. The molecule has 0 N–H and O–H groups in total. The predicted molar refractivity (Wildman–Crippen MR) is 99.3 cm³/mol. The number of methoxy groups -OCH3 is 2. The minimum atomic E-state index is -0.610. The maximum absolute atomic E-state index is 12.3. The Labute approximate surface area is 152 Å². The minimum Gasteiger partial charge on any atom is -0.465 e. The molecule has 1 aromatic rings. The molecule has 0 unspecified atom stereocenters. The van der Waals surface area contributed by atoms with Gasteiger partial charge >= 0.3 is 11.9 Å². The van der Waals surface area contributed by atoms with Crippen LogP contribution in [-0.4, -0.2) is 31.9 Å². The van der Waals surface area contributed by atoms with Crippen molar-refractivity contribution in [1.82, 2.24) is 0 Å². The van der Waals surface area contributed by atoms with Gasteiger partial charge in [-0.1, -0.05) is 13.0 Å². The Morgan fingerprint density at radius 3 is 2.32 bits per heavy atom. The smallest absolute Gasteiger partial charge is 0.355 e. The average Bonchev–Trinajstić information content (AvgIpc) is 2.88. The molecule has 25 heavy (non-hydrogen) atoms. The fourth-order valence-electron chi connectivity index (χ4n) is 2.29. The molecule has 2 rings (SSSR count). The Morgan fingerprint density at radius 1 is 1.04 bits per heavy atom. The first-order valence-corrected chi connectivity index (χ1v) is 8.88. The van der Waals surface area contributed by atoms with Crippen LogP contribution in [0.4, 0.5) is 5.69 Å². The fraction of sp³-hybridized carbons (Fsp3) is 0.263. The van der Waals surface area contributed by atoms with Gasteiger partial charge in [0.05, 0.1) is 19.8 Å². The third-order valence-electron chi connectivity index (χ3n) is 3.48. The molecule has 0 fully saturated rings. The first-order chi connectivity index (χ1) is 12.1. The molecule has 0 aromatic heterocycles. The van der Waals surface area contributed by atoms with Crippen molar-refractivity contribution in [2.75, 3.05) is 24.9 Å². The van der Waals surface area contributed by atoms with Gasteiger partial charge in [-0.2, -0.15) is 0 Å². The highest BCUT2D eigenvalue weighted by Crippen LogP contribution is 2.28. The quantitative estimate of drug-likeness (QED) is 0.570. The van der Waals surface area contributed by atoms with Gasteiger partial charge in [0.1, 0.15) is 5.70 Å². The van der Waals surface area contributed by atoms with E-state index in [2.05, 4.69) is 6.92 Å². The second-order valence-corrected chi connectivity index (χ2v) is 6.33. The Hall–Kier alpha value is -2.47. The van der Waals surface area contributed by atoms with Crippen LogP contribution in [-0.2, 0) is 19.1 Å². The van der Waals surface area contributed by atoms with Gasteiger partial charge in [-0.3, -0.25) is 0 Å². The Bertz CT molecular complexity index is 719. The fourth-order valence-corrected chi connectivity index (χ4v) is 3.06. The van der Waals surface area contributed by atoms with Crippen molar-refractivity contribution in [3.8, 4) is 0 Å². The predicted octanol–water partition coefficient (Wildman–Crippen LogP) is 3.68. The number of nitrogens with zero attached hydrogens (tertiary/aromatic N) is 1. The van der Waals surface area contributed by atoms with Crippen molar-refractivity contribution >= 4 is 29.4 Å². The van der Waals surface area contributed by atoms with Crippen molar-refractivity contribution in [3.63, 3.8) is 0 Å². The van der Waals surface area contributed by atoms with E-state index in [1.54, 1.807) is 41.1 Å². The number of ether oxygens (including phenoxy) is 2. The van der Waals surface area contributed by atoms with Gasteiger partial charge in [-0.15, -0.1) is 11.8 Å². The summed E-state index contributed by atoms with van der Waals surface area (Å²) in [5.41, 5.74) is 1.01. The summed E-state index contributed by atoms with van der Waals surface area (Å²) in [6.07, 6.45) is 7.79. The summed E-state index contributed by atoms with van der Waals surface area (Å²) in [6.45, 7) is 2.14. The van der Waals surface area contributed by atoms with E-state index in [4.69, 9.17) is 9.47 Å². The monoisotopic (exact) mass is 359 g/mol. The summed E-state index contributed by atoms with van der Waals surface area (Å²) >= 11 is 1.77. The topological polar surface area (TPSA) is 55.8 Å². The molecule has 0 saturated heterocycles. The normalized spacial score (nSPS) is 13.6. The molecule has 0 aliphatic carbocycles. The van der Waals surface area contributed by atoms with Crippen molar-refractivity contribution in [2.45, 2.75) is 18.2 Å². The number of hydrogen-bond donors (Lipinski definition) is 0. The summed E-state index contributed by atoms with van der Waals surface area (Å²) in [4.78, 5) is 27.2. The average molecular weight is 359 g/mol. The Morgan fingerprint density at radius 2 is 1.72 bits per heavy atom. The highest BCUT2D eigenvalue weighted by molar-refractivity contribution is 7.99. The SMILES string of the molecule is CCCSc1ccc(N2C=CC=CC(C(=O)OC)=C2C(=O)OC)cc1. The highest BCUT2D eigenvalue weighted by atomic mass is 32.2. The van der Waals surface area contributed by atoms with E-state index in [9.17, 15) is 9.59 Å². The lowest BCUT2D eigenvalue weighted by Gasteiger charge is -2.23. The van der Waals surface area contributed by atoms with Crippen LogP contribution in [0.15, 0.2) is 64.9 Å². The molecule has 0 spiro atoms. The van der Waals surface area contributed by atoms with Gasteiger partial charge in [-0.05, 0) is 48.6 Å². The van der Waals surface area contributed by atoms with Crippen LogP contribution in [0.1, 0.15) is 13.3 Å². The second-order valence-electron chi connectivity index (χ2n) is 5.16. The maximum Gasteiger partial charge on any atom is 0.355 e. The lowest BCUT2D eigenvalue weighted by molar-refractivity contribution is -0.139. The number of rotatable bonds is 6. The van der Waals surface area contributed by atoms with E-state index in [0.717, 1.165) is 22.8 Å². The van der Waals surface area contributed by atoms with Crippen molar-refractivity contribution in [3.05, 3.63) is 60.0 Å². The molecule has 1 aromatic carbocycles. The number of allylic oxidation sites excluding steroid dienone is 2. The van der Waals surface area contributed by atoms with Gasteiger partial charge in [-0.25, -0.2) is 9.59 Å². The van der Waals surface area contributed by atoms with E-state index in [0.29, 0.717) is 0 Å². The van der Waals surface area contributed by atoms with Gasteiger partial charge in [0, 0.05) is 16.8 Å². The third kappa shape index (κ3) is 4.54. The van der Waals surface area contributed by atoms with E-state index in [1.807, 2.05) is 24.3 Å². The van der Waals surface area contributed by atoms with Gasteiger partial charge in [0.15, 0.2) is 0 Å². The molecule has 1 aliphatic heterocycles. The molecule has 6 heteroatoms. The zero-order valence-corrected chi connectivity index (χ0v) is 15.3. The van der Waals surface area contributed by atoms with Crippen LogP contribution < -0.4 is 4.90 Å². The summed E-state index contributed by atoms with van der Waals surface area (Å²) in [7, 11) is 2.56. The molecule has 1 aliphatic rings. The highest BCUT2D eigenvalue weighted by Gasteiger charge is 2.27. The van der Waals surface area contributed by atoms with E-state index in [-0.39, 0.29) is 11.3 Å². The molecule has 0 radical (unpaired) electrons. The summed E-state index contributed by atoms with van der Waals surface area (Å²) < 4.78 is 9.68. The molecule has 0 atom stereocenters. The number of hydrogen-bond acceptors (Lipinski definition) is 6. The first kappa shape index (κ1) is 18.9. The zero-order valence-electron chi connectivity index (χ0n) is 14.5. The molecular formula is C19H21NO4S. The number of benzene rings is 1. The van der Waals surface area contributed by atoms with E-state index in [1.165, 1.54) is 14.2 Å². The van der Waals surface area contributed by atoms with Crippen LogP contribution in [0.5, 0.6) is 0 Å². The van der Waals surface area contributed by atoms with Crippen LogP contribution in [0, 0.1) is 0 Å². The second kappa shape index (κ2) is 9.13. The first-order valence-electron chi connectivity index (χ1n) is 7.90.